The van der Waals surface area contributed by atoms with Gasteiger partial charge in [-0.1, -0.05) is 51.1 Å². The molecule has 1 heterocycles. The van der Waals surface area contributed by atoms with Crippen molar-refractivity contribution in [3.05, 3.63) is 59.2 Å². The van der Waals surface area contributed by atoms with Crippen LogP contribution in [0.25, 0.3) is 0 Å². The molecule has 1 aliphatic rings. The Kier molecular flexibility index (Phi) is 7.10. The van der Waals surface area contributed by atoms with E-state index in [1.807, 2.05) is 49.4 Å². The topological polar surface area (TPSA) is 75.7 Å². The van der Waals surface area contributed by atoms with Crippen LogP contribution in [0.3, 0.4) is 0 Å². The Morgan fingerprint density at radius 1 is 1.16 bits per heavy atom. The normalized spacial score (nSPS) is 16.0. The van der Waals surface area contributed by atoms with Crippen molar-refractivity contribution in [1.82, 2.24) is 0 Å². The zero-order chi connectivity index (χ0) is 22.5. The van der Waals surface area contributed by atoms with Crippen molar-refractivity contribution in [1.29, 1.82) is 0 Å². The number of nitrogens with one attached hydrogen (secondary N) is 1. The predicted octanol–water partition coefficient (Wildman–Crippen LogP) is 4.22. The van der Waals surface area contributed by atoms with E-state index in [9.17, 15) is 14.4 Å². The standard InChI is InChI=1S/C25H30N2O4/c1-5-18-9-11-20(12-10-18)27-14-19(13-23(27)29)25(30)31-15-22(28)26-24-17(4)7-6-8-21(24)16(2)3/h6-12,16,19H,5,13-15H2,1-4H3,(H,26,28). The van der Waals surface area contributed by atoms with E-state index in [4.69, 9.17) is 4.74 Å². The third kappa shape index (κ3) is 5.32. The molecule has 2 aromatic carbocycles. The lowest BCUT2D eigenvalue weighted by molar-refractivity contribution is -0.151. The number of esters is 1. The van der Waals surface area contributed by atoms with Crippen molar-refractivity contribution in [2.24, 2.45) is 5.92 Å². The molecule has 31 heavy (non-hydrogen) atoms. The van der Waals surface area contributed by atoms with Gasteiger partial charge in [0.2, 0.25) is 5.91 Å². The van der Waals surface area contributed by atoms with E-state index in [0.29, 0.717) is 0 Å². The molecule has 0 aromatic heterocycles. The smallest absolute Gasteiger partial charge is 0.311 e. The Balaban J connectivity index is 1.56. The number of benzene rings is 2. The van der Waals surface area contributed by atoms with Crippen LogP contribution in [0, 0.1) is 12.8 Å². The number of amides is 2. The molecule has 164 valence electrons. The quantitative estimate of drug-likeness (QED) is 0.678. The molecule has 0 radical (unpaired) electrons. The summed E-state index contributed by atoms with van der Waals surface area (Å²) < 4.78 is 5.24. The first kappa shape index (κ1) is 22.5. The molecule has 2 amide bonds. The number of hydrogen-bond acceptors (Lipinski definition) is 4. The Morgan fingerprint density at radius 2 is 1.87 bits per heavy atom. The van der Waals surface area contributed by atoms with Gasteiger partial charge in [0.15, 0.2) is 6.61 Å². The summed E-state index contributed by atoms with van der Waals surface area (Å²) in [6.45, 7) is 8.01. The maximum Gasteiger partial charge on any atom is 0.311 e. The summed E-state index contributed by atoms with van der Waals surface area (Å²) in [5.74, 6) is -1.35. The zero-order valence-corrected chi connectivity index (χ0v) is 18.6. The van der Waals surface area contributed by atoms with Gasteiger partial charge in [0.1, 0.15) is 0 Å². The largest absolute Gasteiger partial charge is 0.455 e. The molecule has 2 aromatic rings. The molecule has 1 aliphatic heterocycles. The van der Waals surface area contributed by atoms with Gasteiger partial charge in [-0.3, -0.25) is 14.4 Å². The second kappa shape index (κ2) is 9.77. The molecule has 6 heteroatoms. The average molecular weight is 423 g/mol. The van der Waals surface area contributed by atoms with Crippen LogP contribution in [-0.2, 0) is 25.5 Å². The Morgan fingerprint density at radius 3 is 2.52 bits per heavy atom. The summed E-state index contributed by atoms with van der Waals surface area (Å²) in [5.41, 5.74) is 4.71. The Labute approximate surface area is 183 Å². The van der Waals surface area contributed by atoms with Crippen LogP contribution in [0.1, 0.15) is 49.8 Å². The van der Waals surface area contributed by atoms with Gasteiger partial charge in [0.05, 0.1) is 5.92 Å². The third-order valence-electron chi connectivity index (χ3n) is 5.65. The molecular weight excluding hydrogens is 392 g/mol. The van der Waals surface area contributed by atoms with Gasteiger partial charge in [-0.05, 0) is 48.1 Å². The number of carbonyl (C=O) groups excluding carboxylic acids is 3. The highest BCUT2D eigenvalue weighted by Gasteiger charge is 2.36. The summed E-state index contributed by atoms with van der Waals surface area (Å²) in [6.07, 6.45) is 1.01. The van der Waals surface area contributed by atoms with Crippen molar-refractivity contribution in [3.63, 3.8) is 0 Å². The minimum atomic E-state index is -0.573. The summed E-state index contributed by atoms with van der Waals surface area (Å²) in [7, 11) is 0. The van der Waals surface area contributed by atoms with Crippen LogP contribution in [-0.4, -0.2) is 30.9 Å². The Hall–Kier alpha value is -3.15. The maximum absolute atomic E-state index is 12.5. The van der Waals surface area contributed by atoms with E-state index in [-0.39, 0.29) is 37.3 Å². The number of hydrogen-bond donors (Lipinski definition) is 1. The molecule has 0 spiro atoms. The van der Waals surface area contributed by atoms with Gasteiger partial charge >= 0.3 is 5.97 Å². The minimum Gasteiger partial charge on any atom is -0.455 e. The van der Waals surface area contributed by atoms with Crippen LogP contribution < -0.4 is 10.2 Å². The first-order valence-electron chi connectivity index (χ1n) is 10.8. The number of rotatable bonds is 7. The van der Waals surface area contributed by atoms with Crippen LogP contribution in [0.2, 0.25) is 0 Å². The van der Waals surface area contributed by atoms with E-state index in [0.717, 1.165) is 28.9 Å². The molecule has 6 nitrogen and oxygen atoms in total. The van der Waals surface area contributed by atoms with E-state index < -0.39 is 11.9 Å². The Bertz CT molecular complexity index is 966. The first-order valence-corrected chi connectivity index (χ1v) is 10.8. The SMILES string of the molecule is CCc1ccc(N2CC(C(=O)OCC(=O)Nc3c(C)cccc3C(C)C)CC2=O)cc1. The third-order valence-corrected chi connectivity index (χ3v) is 5.65. The van der Waals surface area contributed by atoms with Crippen molar-refractivity contribution >= 4 is 29.2 Å². The average Bonchev–Trinajstić information content (AvgIpc) is 3.15. The minimum absolute atomic E-state index is 0.0886. The second-order valence-electron chi connectivity index (χ2n) is 8.28. The highest BCUT2D eigenvalue weighted by atomic mass is 16.5. The zero-order valence-electron chi connectivity index (χ0n) is 18.6. The van der Waals surface area contributed by atoms with Crippen LogP contribution in [0.5, 0.6) is 0 Å². The number of carbonyl (C=O) groups is 3. The molecule has 1 atom stereocenters. The van der Waals surface area contributed by atoms with Crippen LogP contribution in [0.15, 0.2) is 42.5 Å². The number of aryl methyl sites for hydroxylation is 2. The molecule has 0 saturated carbocycles. The van der Waals surface area contributed by atoms with Crippen LogP contribution >= 0.6 is 0 Å². The molecule has 1 unspecified atom stereocenters. The fourth-order valence-corrected chi connectivity index (χ4v) is 3.80. The summed E-state index contributed by atoms with van der Waals surface area (Å²) >= 11 is 0. The molecule has 0 bridgehead atoms. The van der Waals surface area contributed by atoms with Crippen molar-refractivity contribution in [2.45, 2.75) is 46.5 Å². The lowest BCUT2D eigenvalue weighted by Crippen LogP contribution is -2.28. The van der Waals surface area contributed by atoms with E-state index in [1.165, 1.54) is 5.56 Å². The van der Waals surface area contributed by atoms with Gasteiger partial charge in [-0.25, -0.2) is 0 Å². The van der Waals surface area contributed by atoms with Crippen LogP contribution in [0.4, 0.5) is 11.4 Å². The summed E-state index contributed by atoms with van der Waals surface area (Å²) in [5, 5.41) is 2.87. The van der Waals surface area contributed by atoms with E-state index in [2.05, 4.69) is 26.1 Å². The lowest BCUT2D eigenvalue weighted by atomic mass is 9.98. The molecule has 1 N–H and O–H groups in total. The lowest BCUT2D eigenvalue weighted by Gasteiger charge is -2.17. The molecule has 0 aliphatic carbocycles. The maximum atomic E-state index is 12.5. The summed E-state index contributed by atoms with van der Waals surface area (Å²) in [6, 6.07) is 13.6. The number of para-hydroxylation sites is 1. The molecular formula is C25H30N2O4. The highest BCUT2D eigenvalue weighted by Crippen LogP contribution is 2.28. The van der Waals surface area contributed by atoms with Gasteiger partial charge in [-0.2, -0.15) is 0 Å². The van der Waals surface area contributed by atoms with Crippen molar-refractivity contribution < 1.29 is 19.1 Å². The fourth-order valence-electron chi connectivity index (χ4n) is 3.80. The van der Waals surface area contributed by atoms with Gasteiger partial charge in [-0.15, -0.1) is 0 Å². The monoisotopic (exact) mass is 422 g/mol. The highest BCUT2D eigenvalue weighted by molar-refractivity contribution is 6.00. The molecule has 1 fully saturated rings. The van der Waals surface area contributed by atoms with Crippen molar-refractivity contribution in [2.75, 3.05) is 23.4 Å². The second-order valence-corrected chi connectivity index (χ2v) is 8.28. The first-order chi connectivity index (χ1) is 14.8. The number of nitrogens with zero attached hydrogens (tertiary/aromatic N) is 1. The van der Waals surface area contributed by atoms with Gasteiger partial charge in [0.25, 0.3) is 5.91 Å². The number of ether oxygens (including phenoxy) is 1. The number of anilines is 2. The van der Waals surface area contributed by atoms with Crippen molar-refractivity contribution in [3.8, 4) is 0 Å². The van der Waals surface area contributed by atoms with E-state index >= 15 is 0 Å². The molecule has 3 rings (SSSR count). The van der Waals surface area contributed by atoms with E-state index in [1.54, 1.807) is 4.90 Å². The fraction of sp³-hybridized carbons (Fsp3) is 0.400. The van der Waals surface area contributed by atoms with Gasteiger partial charge in [0, 0.05) is 24.3 Å². The molecule has 1 saturated heterocycles. The predicted molar refractivity (Wildman–Crippen MR) is 121 cm³/mol. The summed E-state index contributed by atoms with van der Waals surface area (Å²) in [4.78, 5) is 38.9. The van der Waals surface area contributed by atoms with Gasteiger partial charge < -0.3 is 15.0 Å².